The molecule has 0 spiro atoms. The average molecular weight is 399 g/mol. The fourth-order valence-electron chi connectivity index (χ4n) is 2.65. The molecule has 2 aromatic heterocycles. The Balaban J connectivity index is 1.71. The van der Waals surface area contributed by atoms with Crippen LogP contribution in [0.4, 0.5) is 19.0 Å². The number of fused-ring (bicyclic) bond motifs is 1. The van der Waals surface area contributed by atoms with Crippen molar-refractivity contribution in [3.8, 4) is 11.3 Å². The number of hydrogen-bond acceptors (Lipinski definition) is 6. The lowest BCUT2D eigenvalue weighted by molar-refractivity contribution is -0.137. The van der Waals surface area contributed by atoms with Gasteiger partial charge in [0, 0.05) is 28.2 Å². The van der Waals surface area contributed by atoms with E-state index in [9.17, 15) is 13.2 Å². The molecule has 28 heavy (non-hydrogen) atoms. The van der Waals surface area contributed by atoms with Crippen molar-refractivity contribution in [2.45, 2.75) is 16.1 Å². The Bertz CT molecular complexity index is 1150. The van der Waals surface area contributed by atoms with Gasteiger partial charge in [-0.3, -0.25) is 4.98 Å². The third kappa shape index (κ3) is 3.61. The van der Waals surface area contributed by atoms with Crippen LogP contribution in [0.15, 0.2) is 71.1 Å². The summed E-state index contributed by atoms with van der Waals surface area (Å²) in [6.45, 7) is 0. The third-order valence-corrected chi connectivity index (χ3v) is 5.00. The minimum atomic E-state index is -4.37. The zero-order chi connectivity index (χ0) is 19.7. The summed E-state index contributed by atoms with van der Waals surface area (Å²) in [7, 11) is 0. The molecule has 2 aromatic carbocycles. The van der Waals surface area contributed by atoms with Crippen molar-refractivity contribution in [3.63, 3.8) is 0 Å². The van der Waals surface area contributed by atoms with Crippen molar-refractivity contribution < 1.29 is 13.2 Å². The first kappa shape index (κ1) is 18.2. The number of nitrogen functional groups attached to an aromatic ring is 1. The summed E-state index contributed by atoms with van der Waals surface area (Å²) < 4.78 is 38.2. The van der Waals surface area contributed by atoms with E-state index in [0.29, 0.717) is 32.3 Å². The van der Waals surface area contributed by atoms with Gasteiger partial charge in [-0.05, 0) is 36.4 Å². The standard InChI is InChI=1S/C19H12F3N5S/c20-19(21,22)12-2-4-13(5-3-12)28-18-16(24-7-8-25-18)11-1-6-15-14(9-11)17(23)27-10-26-15/h1-10H,(H2,23,26,27). The molecular weight excluding hydrogens is 387 g/mol. The Hall–Kier alpha value is -3.20. The molecule has 0 atom stereocenters. The monoisotopic (exact) mass is 399 g/mol. The number of halogens is 3. The largest absolute Gasteiger partial charge is 0.416 e. The molecule has 0 bridgehead atoms. The molecule has 4 rings (SSSR count). The highest BCUT2D eigenvalue weighted by Gasteiger charge is 2.30. The highest BCUT2D eigenvalue weighted by Crippen LogP contribution is 2.36. The molecule has 0 fully saturated rings. The highest BCUT2D eigenvalue weighted by molar-refractivity contribution is 7.99. The number of aromatic nitrogens is 4. The van der Waals surface area contributed by atoms with E-state index in [1.165, 1.54) is 36.4 Å². The van der Waals surface area contributed by atoms with Crippen LogP contribution >= 0.6 is 11.8 Å². The number of hydrogen-bond donors (Lipinski definition) is 1. The predicted molar refractivity (Wildman–Crippen MR) is 101 cm³/mol. The topological polar surface area (TPSA) is 77.6 Å². The smallest absolute Gasteiger partial charge is 0.383 e. The van der Waals surface area contributed by atoms with Gasteiger partial charge in [-0.1, -0.05) is 17.8 Å². The van der Waals surface area contributed by atoms with Gasteiger partial charge < -0.3 is 5.73 Å². The summed E-state index contributed by atoms with van der Waals surface area (Å²) in [5.41, 5.74) is 7.30. The molecule has 0 saturated carbocycles. The predicted octanol–water partition coefficient (Wildman–Crippen LogP) is 4.84. The molecular formula is C19H12F3N5S. The number of benzene rings is 2. The van der Waals surface area contributed by atoms with Crippen LogP contribution in [0.5, 0.6) is 0 Å². The van der Waals surface area contributed by atoms with Crippen molar-refractivity contribution in [1.29, 1.82) is 0 Å². The first-order valence-corrected chi connectivity index (χ1v) is 8.90. The maximum atomic E-state index is 12.7. The van der Waals surface area contributed by atoms with E-state index in [0.717, 1.165) is 17.7 Å². The minimum Gasteiger partial charge on any atom is -0.383 e. The first-order chi connectivity index (χ1) is 13.4. The molecule has 0 saturated heterocycles. The molecule has 9 heteroatoms. The molecule has 0 aliphatic carbocycles. The van der Waals surface area contributed by atoms with Gasteiger partial charge in [0.15, 0.2) is 0 Å². The van der Waals surface area contributed by atoms with E-state index in [2.05, 4.69) is 19.9 Å². The van der Waals surface area contributed by atoms with E-state index in [-0.39, 0.29) is 0 Å². The summed E-state index contributed by atoms with van der Waals surface area (Å²) >= 11 is 1.23. The summed E-state index contributed by atoms with van der Waals surface area (Å²) in [4.78, 5) is 17.5. The molecule has 0 unspecified atom stereocenters. The number of nitrogens with two attached hydrogens (primary N) is 1. The van der Waals surface area contributed by atoms with Crippen LogP contribution in [0.2, 0.25) is 0 Å². The molecule has 140 valence electrons. The third-order valence-electron chi connectivity index (χ3n) is 4.00. The van der Waals surface area contributed by atoms with Gasteiger partial charge in [0.1, 0.15) is 22.9 Å². The molecule has 2 N–H and O–H groups in total. The summed E-state index contributed by atoms with van der Waals surface area (Å²) in [5, 5.41) is 1.26. The average Bonchev–Trinajstić information content (AvgIpc) is 2.68. The van der Waals surface area contributed by atoms with Gasteiger partial charge in [-0.25, -0.2) is 15.0 Å². The van der Waals surface area contributed by atoms with Crippen molar-refractivity contribution in [3.05, 3.63) is 66.7 Å². The maximum Gasteiger partial charge on any atom is 0.416 e. The van der Waals surface area contributed by atoms with Crippen molar-refractivity contribution in [1.82, 2.24) is 19.9 Å². The van der Waals surface area contributed by atoms with Crippen LogP contribution in [0.1, 0.15) is 5.56 Å². The zero-order valence-corrected chi connectivity index (χ0v) is 15.0. The second-order valence-corrected chi connectivity index (χ2v) is 6.89. The van der Waals surface area contributed by atoms with Crippen LogP contribution in [0, 0.1) is 0 Å². The lowest BCUT2D eigenvalue weighted by Crippen LogP contribution is -2.03. The van der Waals surface area contributed by atoms with Crippen LogP contribution < -0.4 is 5.73 Å². The van der Waals surface area contributed by atoms with Crippen LogP contribution in [-0.2, 0) is 6.18 Å². The van der Waals surface area contributed by atoms with E-state index < -0.39 is 11.7 Å². The summed E-state index contributed by atoms with van der Waals surface area (Å²) in [6, 6.07) is 10.4. The number of nitrogens with zero attached hydrogens (tertiary/aromatic N) is 4. The number of rotatable bonds is 3. The van der Waals surface area contributed by atoms with Gasteiger partial charge in [0.25, 0.3) is 0 Å². The highest BCUT2D eigenvalue weighted by atomic mass is 32.2. The Morgan fingerprint density at radius 2 is 1.61 bits per heavy atom. The van der Waals surface area contributed by atoms with Crippen molar-refractivity contribution in [2.24, 2.45) is 0 Å². The number of alkyl halides is 3. The Labute approximate surface area is 161 Å². The second-order valence-electron chi connectivity index (χ2n) is 5.83. The maximum absolute atomic E-state index is 12.7. The van der Waals surface area contributed by atoms with E-state index in [4.69, 9.17) is 5.73 Å². The zero-order valence-electron chi connectivity index (χ0n) is 14.2. The molecule has 0 aliphatic rings. The van der Waals surface area contributed by atoms with Gasteiger partial charge >= 0.3 is 6.18 Å². The lowest BCUT2D eigenvalue weighted by atomic mass is 10.1. The van der Waals surface area contributed by atoms with Gasteiger partial charge in [0.05, 0.1) is 11.1 Å². The van der Waals surface area contributed by atoms with Crippen LogP contribution in [0.3, 0.4) is 0 Å². The molecule has 0 radical (unpaired) electrons. The van der Waals surface area contributed by atoms with E-state index in [1.54, 1.807) is 6.20 Å². The lowest BCUT2D eigenvalue weighted by Gasteiger charge is -2.10. The Morgan fingerprint density at radius 1 is 0.857 bits per heavy atom. The minimum absolute atomic E-state index is 0.354. The molecule has 0 aliphatic heterocycles. The molecule has 4 aromatic rings. The van der Waals surface area contributed by atoms with Crippen LogP contribution in [0.25, 0.3) is 22.2 Å². The van der Waals surface area contributed by atoms with Gasteiger partial charge in [-0.2, -0.15) is 13.2 Å². The van der Waals surface area contributed by atoms with Gasteiger partial charge in [-0.15, -0.1) is 0 Å². The molecule has 5 nitrogen and oxygen atoms in total. The second kappa shape index (κ2) is 7.08. The van der Waals surface area contributed by atoms with E-state index in [1.807, 2.05) is 18.2 Å². The van der Waals surface area contributed by atoms with Crippen LogP contribution in [-0.4, -0.2) is 19.9 Å². The first-order valence-electron chi connectivity index (χ1n) is 8.08. The quantitative estimate of drug-likeness (QED) is 0.531. The fourth-order valence-corrected chi connectivity index (χ4v) is 3.52. The fraction of sp³-hybridized carbons (Fsp3) is 0.0526. The van der Waals surface area contributed by atoms with E-state index >= 15 is 0 Å². The SMILES string of the molecule is Nc1ncnc2ccc(-c3nccnc3Sc3ccc(C(F)(F)F)cc3)cc12. The van der Waals surface area contributed by atoms with Gasteiger partial charge in [0.2, 0.25) is 0 Å². The summed E-state index contributed by atoms with van der Waals surface area (Å²) in [6.07, 6.45) is 0.120. The number of anilines is 1. The normalized spacial score (nSPS) is 11.7. The molecule has 0 amide bonds. The Morgan fingerprint density at radius 3 is 2.36 bits per heavy atom. The Kier molecular flexibility index (Phi) is 4.60. The molecule has 2 heterocycles. The van der Waals surface area contributed by atoms with Crippen molar-refractivity contribution in [2.75, 3.05) is 5.73 Å². The summed E-state index contributed by atoms with van der Waals surface area (Å²) in [5.74, 6) is 0.354. The van der Waals surface area contributed by atoms with Crippen molar-refractivity contribution >= 4 is 28.5 Å².